The van der Waals surface area contributed by atoms with E-state index in [1.807, 2.05) is 37.3 Å². The summed E-state index contributed by atoms with van der Waals surface area (Å²) in [4.78, 5) is 29.6. The number of carbonyl (C=O) groups excluding carboxylic acids is 2. The van der Waals surface area contributed by atoms with Gasteiger partial charge in [-0.05, 0) is 45.7 Å². The maximum Gasteiger partial charge on any atom is 0.256 e. The Balaban J connectivity index is 1.83. The fourth-order valence-corrected chi connectivity index (χ4v) is 3.72. The highest BCUT2D eigenvalue weighted by molar-refractivity contribution is 6.02. The summed E-state index contributed by atoms with van der Waals surface area (Å²) >= 11 is 0. The lowest BCUT2D eigenvalue weighted by atomic mass is 10.1. The smallest absolute Gasteiger partial charge is 0.256 e. The second-order valence-electron chi connectivity index (χ2n) is 6.75. The van der Waals surface area contributed by atoms with Crippen LogP contribution in [0.5, 0.6) is 0 Å². The number of rotatable bonds is 3. The van der Waals surface area contributed by atoms with Crippen molar-refractivity contribution >= 4 is 11.7 Å². The number of amides is 1. The third kappa shape index (κ3) is 2.66. The first kappa shape index (κ1) is 16.5. The lowest BCUT2D eigenvalue weighted by Crippen LogP contribution is -2.30. The van der Waals surface area contributed by atoms with Gasteiger partial charge in [-0.25, -0.2) is 0 Å². The Morgan fingerprint density at radius 3 is 2.50 bits per heavy atom. The molecule has 0 aliphatic carbocycles. The van der Waals surface area contributed by atoms with Crippen molar-refractivity contribution < 1.29 is 9.59 Å². The van der Waals surface area contributed by atoms with E-state index in [2.05, 4.69) is 16.1 Å². The van der Waals surface area contributed by atoms with Crippen molar-refractivity contribution in [1.82, 2.24) is 19.7 Å². The molecule has 1 N–H and O–H groups in total. The zero-order valence-electron chi connectivity index (χ0n) is 14.9. The first-order valence-electron chi connectivity index (χ1n) is 8.31. The summed E-state index contributed by atoms with van der Waals surface area (Å²) in [6, 6.07) is 2.28. The van der Waals surface area contributed by atoms with Gasteiger partial charge in [0.2, 0.25) is 0 Å². The van der Waals surface area contributed by atoms with Crippen LogP contribution in [0.3, 0.4) is 0 Å². The molecular formula is C18H24N4O2. The Bertz CT molecular complexity index is 815. The Labute approximate surface area is 141 Å². The summed E-state index contributed by atoms with van der Waals surface area (Å²) < 4.78 is 2.03. The van der Waals surface area contributed by atoms with Crippen molar-refractivity contribution in [2.75, 3.05) is 13.1 Å². The third-order valence-corrected chi connectivity index (χ3v) is 4.84. The molecule has 0 spiro atoms. The highest BCUT2D eigenvalue weighted by Gasteiger charge is 2.32. The van der Waals surface area contributed by atoms with Crippen LogP contribution < -0.4 is 0 Å². The molecule has 1 fully saturated rings. The molecule has 0 radical (unpaired) electrons. The molecule has 2 aromatic rings. The minimum absolute atomic E-state index is 0.00205. The van der Waals surface area contributed by atoms with E-state index in [4.69, 9.17) is 0 Å². The summed E-state index contributed by atoms with van der Waals surface area (Å²) in [7, 11) is 0. The van der Waals surface area contributed by atoms with Gasteiger partial charge in [-0.15, -0.1) is 0 Å². The molecule has 0 aromatic carbocycles. The standard InChI is InChI=1S/C18H24N4O2/c1-10-8-11(2)22(20-10)15-6-7-21(9-15)18(24)16-12(3)17(14(5)23)19-13(16)4/h8,15,19H,6-7,9H2,1-5H3. The number of hydrogen-bond donors (Lipinski definition) is 1. The molecule has 0 bridgehead atoms. The summed E-state index contributed by atoms with van der Waals surface area (Å²) in [5.74, 6) is -0.0469. The van der Waals surface area contributed by atoms with Crippen molar-refractivity contribution in [3.05, 3.63) is 40.0 Å². The second kappa shape index (κ2) is 5.92. The SMILES string of the molecule is CC(=O)c1[nH]c(C)c(C(=O)N2CCC(n3nc(C)cc3C)C2)c1C. The van der Waals surface area contributed by atoms with E-state index in [-0.39, 0.29) is 17.7 Å². The quantitative estimate of drug-likeness (QED) is 0.881. The summed E-state index contributed by atoms with van der Waals surface area (Å²) in [6.45, 7) is 10.6. The lowest BCUT2D eigenvalue weighted by molar-refractivity contribution is 0.0785. The van der Waals surface area contributed by atoms with E-state index in [0.29, 0.717) is 24.3 Å². The Hall–Kier alpha value is -2.37. The number of nitrogens with zero attached hydrogens (tertiary/aromatic N) is 3. The molecule has 128 valence electrons. The number of carbonyl (C=O) groups is 2. The Morgan fingerprint density at radius 2 is 1.96 bits per heavy atom. The van der Waals surface area contributed by atoms with Crippen molar-refractivity contribution in [2.45, 2.75) is 47.1 Å². The molecule has 1 unspecified atom stereocenters. The van der Waals surface area contributed by atoms with E-state index in [1.54, 1.807) is 0 Å². The van der Waals surface area contributed by atoms with Gasteiger partial charge in [0.1, 0.15) is 0 Å². The molecule has 3 rings (SSSR count). The molecule has 1 atom stereocenters. The molecule has 24 heavy (non-hydrogen) atoms. The molecule has 6 heteroatoms. The average molecular weight is 328 g/mol. The Morgan fingerprint density at radius 1 is 1.25 bits per heavy atom. The van der Waals surface area contributed by atoms with Crippen LogP contribution >= 0.6 is 0 Å². The minimum atomic E-state index is -0.0448. The predicted molar refractivity (Wildman–Crippen MR) is 91.5 cm³/mol. The summed E-state index contributed by atoms with van der Waals surface area (Å²) in [5.41, 5.74) is 4.80. The maximum absolute atomic E-state index is 13.0. The van der Waals surface area contributed by atoms with Crippen LogP contribution in [0.1, 0.15) is 62.9 Å². The molecule has 1 saturated heterocycles. The molecular weight excluding hydrogens is 304 g/mol. The lowest BCUT2D eigenvalue weighted by Gasteiger charge is -2.18. The number of aryl methyl sites for hydroxylation is 3. The van der Waals surface area contributed by atoms with Gasteiger partial charge >= 0.3 is 0 Å². The van der Waals surface area contributed by atoms with Gasteiger partial charge in [0.15, 0.2) is 5.78 Å². The number of aromatic amines is 1. The predicted octanol–water partition coefficient (Wildman–Crippen LogP) is 2.73. The number of ketones is 1. The van der Waals surface area contributed by atoms with E-state index in [9.17, 15) is 9.59 Å². The van der Waals surface area contributed by atoms with E-state index in [1.165, 1.54) is 6.92 Å². The van der Waals surface area contributed by atoms with Crippen molar-refractivity contribution in [3.63, 3.8) is 0 Å². The van der Waals surface area contributed by atoms with Crippen LogP contribution in [0.2, 0.25) is 0 Å². The zero-order chi connectivity index (χ0) is 17.6. The van der Waals surface area contributed by atoms with Crippen molar-refractivity contribution in [1.29, 1.82) is 0 Å². The maximum atomic E-state index is 13.0. The van der Waals surface area contributed by atoms with E-state index in [0.717, 1.165) is 29.1 Å². The van der Waals surface area contributed by atoms with Crippen molar-refractivity contribution in [3.8, 4) is 0 Å². The molecule has 2 aromatic heterocycles. The number of nitrogens with one attached hydrogen (secondary N) is 1. The average Bonchev–Trinajstić information content (AvgIpc) is 3.17. The first-order valence-corrected chi connectivity index (χ1v) is 8.31. The fraction of sp³-hybridized carbons (Fsp3) is 0.500. The van der Waals surface area contributed by atoms with Crippen LogP contribution in [0.15, 0.2) is 6.07 Å². The highest BCUT2D eigenvalue weighted by atomic mass is 16.2. The van der Waals surface area contributed by atoms with Crippen LogP contribution in [0.25, 0.3) is 0 Å². The zero-order valence-corrected chi connectivity index (χ0v) is 14.9. The van der Waals surface area contributed by atoms with Gasteiger partial charge in [-0.2, -0.15) is 5.10 Å². The molecule has 0 saturated carbocycles. The molecule has 3 heterocycles. The first-order chi connectivity index (χ1) is 11.3. The van der Waals surface area contributed by atoms with Gasteiger partial charge in [0.25, 0.3) is 5.91 Å². The highest BCUT2D eigenvalue weighted by Crippen LogP contribution is 2.27. The van der Waals surface area contributed by atoms with Gasteiger partial charge in [-0.1, -0.05) is 0 Å². The molecule has 1 aliphatic rings. The number of H-pyrrole nitrogens is 1. The van der Waals surface area contributed by atoms with E-state index < -0.39 is 0 Å². The largest absolute Gasteiger partial charge is 0.355 e. The van der Waals surface area contributed by atoms with Gasteiger partial charge in [0, 0.05) is 31.4 Å². The van der Waals surface area contributed by atoms with Crippen molar-refractivity contribution in [2.24, 2.45) is 0 Å². The summed E-state index contributed by atoms with van der Waals surface area (Å²) in [5, 5.41) is 4.55. The number of aromatic nitrogens is 3. The monoisotopic (exact) mass is 328 g/mol. The second-order valence-corrected chi connectivity index (χ2v) is 6.75. The van der Waals surface area contributed by atoms with Crippen LogP contribution in [-0.4, -0.2) is 44.4 Å². The van der Waals surface area contributed by atoms with Gasteiger partial charge in [-0.3, -0.25) is 14.3 Å². The minimum Gasteiger partial charge on any atom is -0.355 e. The van der Waals surface area contributed by atoms with Crippen LogP contribution in [0.4, 0.5) is 0 Å². The summed E-state index contributed by atoms with van der Waals surface area (Å²) in [6.07, 6.45) is 0.899. The number of likely N-dealkylation sites (tertiary alicyclic amines) is 1. The molecule has 6 nitrogen and oxygen atoms in total. The normalized spacial score (nSPS) is 17.5. The molecule has 1 amide bonds. The number of hydrogen-bond acceptors (Lipinski definition) is 3. The van der Waals surface area contributed by atoms with Crippen LogP contribution in [-0.2, 0) is 0 Å². The van der Waals surface area contributed by atoms with Gasteiger partial charge < -0.3 is 9.88 Å². The topological polar surface area (TPSA) is 71.0 Å². The fourth-order valence-electron chi connectivity index (χ4n) is 3.72. The third-order valence-electron chi connectivity index (χ3n) is 4.84. The molecule has 1 aliphatic heterocycles. The Kier molecular flexibility index (Phi) is 4.07. The number of Topliss-reactive ketones (excluding diaryl/α,β-unsaturated/α-hetero) is 1. The van der Waals surface area contributed by atoms with Gasteiger partial charge in [0.05, 0.1) is 23.0 Å². The van der Waals surface area contributed by atoms with Crippen LogP contribution in [0, 0.1) is 27.7 Å². The van der Waals surface area contributed by atoms with E-state index >= 15 is 0 Å².